The lowest BCUT2D eigenvalue weighted by Gasteiger charge is -2.07. The predicted octanol–water partition coefficient (Wildman–Crippen LogP) is 1.59. The molecule has 2 amide bonds. The summed E-state index contributed by atoms with van der Waals surface area (Å²) in [5, 5.41) is 2.21. The predicted molar refractivity (Wildman–Crippen MR) is 81.8 cm³/mol. The number of imide groups is 1. The number of carbonyl (C=O) groups is 2. The van der Waals surface area contributed by atoms with Gasteiger partial charge in [0.1, 0.15) is 5.69 Å². The summed E-state index contributed by atoms with van der Waals surface area (Å²) in [7, 11) is 0. The summed E-state index contributed by atoms with van der Waals surface area (Å²) in [6.07, 6.45) is 1.52. The molecule has 21 heavy (non-hydrogen) atoms. The number of aromatic nitrogens is 1. The lowest BCUT2D eigenvalue weighted by molar-refractivity contribution is -0.118. The topological polar surface area (TPSA) is 85.1 Å². The maximum Gasteiger partial charge on any atom is 0.277 e. The van der Waals surface area contributed by atoms with Gasteiger partial charge in [0.2, 0.25) is 5.91 Å². The van der Waals surface area contributed by atoms with Crippen molar-refractivity contribution in [3.8, 4) is 0 Å². The van der Waals surface area contributed by atoms with Crippen LogP contribution < -0.4 is 11.1 Å². The van der Waals surface area contributed by atoms with Crippen LogP contribution in [0, 0.1) is 0 Å². The average Bonchev–Trinajstić information content (AvgIpc) is 2.54. The van der Waals surface area contributed by atoms with Gasteiger partial charge in [-0.2, -0.15) is 0 Å². The third-order valence-electron chi connectivity index (χ3n) is 2.66. The number of benzene rings is 1. The highest BCUT2D eigenvalue weighted by atomic mass is 32.2. The number of hydrogen-bond acceptors (Lipinski definition) is 5. The van der Waals surface area contributed by atoms with E-state index in [0.29, 0.717) is 0 Å². The zero-order valence-electron chi connectivity index (χ0n) is 11.3. The summed E-state index contributed by atoms with van der Waals surface area (Å²) < 4.78 is 0. The van der Waals surface area contributed by atoms with Gasteiger partial charge in [-0.25, -0.2) is 4.98 Å². The Hall–Kier alpha value is -2.18. The van der Waals surface area contributed by atoms with Gasteiger partial charge in [0.25, 0.3) is 5.91 Å². The van der Waals surface area contributed by atoms with Crippen LogP contribution in [-0.4, -0.2) is 23.3 Å². The number of rotatable bonds is 5. The Labute approximate surface area is 127 Å². The molecule has 2 rings (SSSR count). The summed E-state index contributed by atoms with van der Waals surface area (Å²) in [5.74, 6) is -0.330. The van der Waals surface area contributed by atoms with E-state index in [0.717, 1.165) is 16.2 Å². The number of amides is 2. The van der Waals surface area contributed by atoms with Crippen LogP contribution in [0.3, 0.4) is 0 Å². The molecule has 6 heteroatoms. The first kappa shape index (κ1) is 15.2. The summed E-state index contributed by atoms with van der Waals surface area (Å²) >= 11 is 1.50. The Kier molecular flexibility index (Phi) is 5.48. The van der Waals surface area contributed by atoms with Crippen LogP contribution in [0.25, 0.3) is 0 Å². The minimum absolute atomic E-state index is 0.231. The quantitative estimate of drug-likeness (QED) is 0.819. The Morgan fingerprint density at radius 3 is 2.62 bits per heavy atom. The van der Waals surface area contributed by atoms with Gasteiger partial charge in [0, 0.05) is 16.8 Å². The number of carbonyl (C=O) groups excluding carboxylic acids is 2. The molecule has 0 atom stereocenters. The van der Waals surface area contributed by atoms with Gasteiger partial charge in [-0.3, -0.25) is 14.9 Å². The smallest absolute Gasteiger partial charge is 0.277 e. The molecule has 0 aliphatic rings. The van der Waals surface area contributed by atoms with Crippen LogP contribution in [0.1, 0.15) is 16.1 Å². The first-order chi connectivity index (χ1) is 10.2. The van der Waals surface area contributed by atoms with E-state index in [9.17, 15) is 9.59 Å². The molecule has 0 saturated heterocycles. The van der Waals surface area contributed by atoms with E-state index in [4.69, 9.17) is 5.73 Å². The number of pyridine rings is 1. The van der Waals surface area contributed by atoms with Gasteiger partial charge in [-0.05, 0) is 17.7 Å². The maximum atomic E-state index is 12.0. The molecule has 0 saturated carbocycles. The highest BCUT2D eigenvalue weighted by molar-refractivity contribution is 7.98. The fourth-order valence-corrected chi connectivity index (χ4v) is 2.62. The molecular weight excluding hydrogens is 286 g/mol. The van der Waals surface area contributed by atoms with E-state index in [-0.39, 0.29) is 12.2 Å². The number of thioether (sulfide) groups is 1. The van der Waals surface area contributed by atoms with E-state index < -0.39 is 11.8 Å². The summed E-state index contributed by atoms with van der Waals surface area (Å²) in [4.78, 5) is 28.0. The minimum Gasteiger partial charge on any atom is -0.322 e. The second kappa shape index (κ2) is 7.56. The van der Waals surface area contributed by atoms with Crippen molar-refractivity contribution in [3.63, 3.8) is 0 Å². The molecule has 1 aromatic carbocycles. The zero-order chi connectivity index (χ0) is 15.1. The molecule has 3 N–H and O–H groups in total. The normalized spacial score (nSPS) is 10.1. The monoisotopic (exact) mass is 301 g/mol. The number of hydrogen-bond donors (Lipinski definition) is 2. The van der Waals surface area contributed by atoms with Gasteiger partial charge in [0.05, 0.1) is 6.54 Å². The summed E-state index contributed by atoms with van der Waals surface area (Å²) in [6.45, 7) is -0.231. The molecule has 0 aliphatic carbocycles. The first-order valence-corrected chi connectivity index (χ1v) is 7.35. The molecule has 1 heterocycles. The molecular formula is C15H15N3O2S. The molecule has 2 aromatic rings. The van der Waals surface area contributed by atoms with E-state index in [1.165, 1.54) is 18.0 Å². The Bertz CT molecular complexity index is 632. The highest BCUT2D eigenvalue weighted by Gasteiger charge is 2.15. The van der Waals surface area contributed by atoms with E-state index in [2.05, 4.69) is 10.3 Å². The van der Waals surface area contributed by atoms with Crippen molar-refractivity contribution in [2.75, 3.05) is 6.54 Å². The number of nitrogens with two attached hydrogens (primary N) is 1. The van der Waals surface area contributed by atoms with Crippen LogP contribution in [0.4, 0.5) is 0 Å². The lowest BCUT2D eigenvalue weighted by atomic mass is 10.2. The zero-order valence-corrected chi connectivity index (χ0v) is 12.1. The number of nitrogens with one attached hydrogen (secondary N) is 1. The molecule has 5 nitrogen and oxygen atoms in total. The van der Waals surface area contributed by atoms with Gasteiger partial charge in [-0.1, -0.05) is 30.3 Å². The van der Waals surface area contributed by atoms with Crippen molar-refractivity contribution < 1.29 is 9.59 Å². The van der Waals surface area contributed by atoms with Crippen LogP contribution in [0.2, 0.25) is 0 Å². The molecule has 0 aliphatic heterocycles. The third-order valence-corrected chi connectivity index (χ3v) is 3.78. The van der Waals surface area contributed by atoms with E-state index >= 15 is 0 Å². The second-order valence-electron chi connectivity index (χ2n) is 4.21. The lowest BCUT2D eigenvalue weighted by Crippen LogP contribution is -2.36. The van der Waals surface area contributed by atoms with Crippen molar-refractivity contribution in [3.05, 3.63) is 59.9 Å². The van der Waals surface area contributed by atoms with Crippen molar-refractivity contribution in [1.29, 1.82) is 0 Å². The number of nitrogens with zero attached hydrogens (tertiary/aromatic N) is 1. The van der Waals surface area contributed by atoms with Crippen LogP contribution >= 0.6 is 11.8 Å². The van der Waals surface area contributed by atoms with Crippen molar-refractivity contribution >= 4 is 23.6 Å². The summed E-state index contributed by atoms with van der Waals surface area (Å²) in [5.41, 5.74) is 6.57. The van der Waals surface area contributed by atoms with E-state index in [1.54, 1.807) is 6.07 Å². The van der Waals surface area contributed by atoms with Gasteiger partial charge in [-0.15, -0.1) is 11.8 Å². The molecule has 0 bridgehead atoms. The molecule has 0 radical (unpaired) electrons. The highest BCUT2D eigenvalue weighted by Crippen LogP contribution is 2.24. The van der Waals surface area contributed by atoms with Crippen LogP contribution in [0.5, 0.6) is 0 Å². The van der Waals surface area contributed by atoms with Crippen LogP contribution in [-0.2, 0) is 10.5 Å². The van der Waals surface area contributed by atoms with Crippen LogP contribution in [0.15, 0.2) is 53.6 Å². The van der Waals surface area contributed by atoms with Crippen molar-refractivity contribution in [2.45, 2.75) is 10.6 Å². The summed E-state index contributed by atoms with van der Waals surface area (Å²) in [6, 6.07) is 13.5. The minimum atomic E-state index is -0.526. The fourth-order valence-electron chi connectivity index (χ4n) is 1.65. The third kappa shape index (κ3) is 4.40. The maximum absolute atomic E-state index is 12.0. The SMILES string of the molecule is NCC(=O)NC(=O)c1ncccc1SCc1ccccc1. The molecule has 0 spiro atoms. The Morgan fingerprint density at radius 1 is 1.14 bits per heavy atom. The molecule has 108 valence electrons. The van der Waals surface area contributed by atoms with Crippen molar-refractivity contribution in [2.24, 2.45) is 5.73 Å². The molecule has 1 aromatic heterocycles. The second-order valence-corrected chi connectivity index (χ2v) is 5.22. The largest absolute Gasteiger partial charge is 0.322 e. The Morgan fingerprint density at radius 2 is 1.90 bits per heavy atom. The molecule has 0 unspecified atom stereocenters. The standard InChI is InChI=1S/C15H15N3O2S/c16-9-13(19)18-15(20)14-12(7-4-8-17-14)21-10-11-5-2-1-3-6-11/h1-8H,9-10,16H2,(H,18,19,20). The van der Waals surface area contributed by atoms with Gasteiger partial charge >= 0.3 is 0 Å². The van der Waals surface area contributed by atoms with Crippen molar-refractivity contribution in [1.82, 2.24) is 10.3 Å². The molecule has 0 fully saturated rings. The average molecular weight is 301 g/mol. The van der Waals surface area contributed by atoms with Gasteiger partial charge < -0.3 is 5.73 Å². The fraction of sp³-hybridized carbons (Fsp3) is 0.133. The first-order valence-electron chi connectivity index (χ1n) is 6.36. The van der Waals surface area contributed by atoms with E-state index in [1.807, 2.05) is 36.4 Å². The van der Waals surface area contributed by atoms with Gasteiger partial charge in [0.15, 0.2) is 0 Å². The Balaban J connectivity index is 2.09.